The number of rotatable bonds is 4. The predicted molar refractivity (Wildman–Crippen MR) is 87.3 cm³/mol. The average molecular weight is 299 g/mol. The number of carbonyl (C=O) groups excluding carboxylic acids is 1. The van der Waals surface area contributed by atoms with Gasteiger partial charge in [0.15, 0.2) is 0 Å². The summed E-state index contributed by atoms with van der Waals surface area (Å²) in [5.41, 5.74) is 2.66. The van der Waals surface area contributed by atoms with Crippen LogP contribution in [0.3, 0.4) is 0 Å². The lowest BCUT2D eigenvalue weighted by atomic mass is 10.1. The summed E-state index contributed by atoms with van der Waals surface area (Å²) < 4.78 is 5.15. The summed E-state index contributed by atoms with van der Waals surface area (Å²) in [5, 5.41) is 9.54. The van der Waals surface area contributed by atoms with Gasteiger partial charge in [0, 0.05) is 12.7 Å². The van der Waals surface area contributed by atoms with Gasteiger partial charge < -0.3 is 10.1 Å². The molecule has 5 nitrogen and oxygen atoms in total. The Hall–Kier alpha value is -2.56. The van der Waals surface area contributed by atoms with Crippen molar-refractivity contribution in [1.82, 2.24) is 15.5 Å². The maximum atomic E-state index is 11.5. The van der Waals surface area contributed by atoms with Gasteiger partial charge in [-0.2, -0.15) is 5.10 Å². The lowest BCUT2D eigenvalue weighted by Crippen LogP contribution is -2.32. The minimum absolute atomic E-state index is 0.410. The predicted octanol–water partition coefficient (Wildman–Crippen LogP) is 3.61. The highest BCUT2D eigenvalue weighted by Gasteiger charge is 2.14. The number of nitrogens with one attached hydrogen (secondary N) is 2. The Kier molecular flexibility index (Phi) is 4.99. The van der Waals surface area contributed by atoms with E-state index in [0.29, 0.717) is 6.54 Å². The van der Waals surface area contributed by atoms with Gasteiger partial charge in [0.1, 0.15) is 5.60 Å². The van der Waals surface area contributed by atoms with Gasteiger partial charge in [-0.15, -0.1) is 0 Å². The molecule has 0 aliphatic heterocycles. The zero-order valence-electron chi connectivity index (χ0n) is 13.1. The van der Waals surface area contributed by atoms with E-state index in [-0.39, 0.29) is 0 Å². The van der Waals surface area contributed by atoms with Crippen LogP contribution in [-0.4, -0.2) is 28.4 Å². The number of hydrogen-bond acceptors (Lipinski definition) is 3. The molecule has 1 heterocycles. The van der Waals surface area contributed by atoms with Crippen LogP contribution in [-0.2, 0) is 4.74 Å². The third-order valence-electron chi connectivity index (χ3n) is 2.80. The summed E-state index contributed by atoms with van der Waals surface area (Å²) in [7, 11) is 0. The molecule has 0 fully saturated rings. The van der Waals surface area contributed by atoms with Crippen LogP contribution in [0.5, 0.6) is 0 Å². The van der Waals surface area contributed by atoms with Gasteiger partial charge in [-0.25, -0.2) is 4.79 Å². The molecule has 2 rings (SSSR count). The monoisotopic (exact) mass is 299 g/mol. The highest BCUT2D eigenvalue weighted by atomic mass is 16.6. The molecule has 0 saturated heterocycles. The Morgan fingerprint density at radius 2 is 2.00 bits per heavy atom. The summed E-state index contributed by atoms with van der Waals surface area (Å²) in [6, 6.07) is 10.00. The summed E-state index contributed by atoms with van der Waals surface area (Å²) in [6.07, 6.45) is 5.15. The van der Waals surface area contributed by atoms with Gasteiger partial charge in [0.2, 0.25) is 0 Å². The molecule has 1 aromatic heterocycles. The quantitative estimate of drug-likeness (QED) is 0.906. The first-order valence-electron chi connectivity index (χ1n) is 7.17. The van der Waals surface area contributed by atoms with Crippen LogP contribution in [0.1, 0.15) is 26.3 Å². The molecule has 0 unspecified atom stereocenters. The molecule has 1 aromatic carbocycles. The number of benzene rings is 1. The molecule has 22 heavy (non-hydrogen) atoms. The third-order valence-corrected chi connectivity index (χ3v) is 2.80. The minimum atomic E-state index is -0.476. The second-order valence-electron chi connectivity index (χ2n) is 5.88. The normalized spacial score (nSPS) is 11.6. The summed E-state index contributed by atoms with van der Waals surface area (Å²) in [4.78, 5) is 11.5. The van der Waals surface area contributed by atoms with Crippen LogP contribution in [0.2, 0.25) is 0 Å². The highest BCUT2D eigenvalue weighted by Crippen LogP contribution is 2.17. The topological polar surface area (TPSA) is 67.0 Å². The number of ether oxygens (including phenoxy) is 1. The second-order valence-corrected chi connectivity index (χ2v) is 5.88. The maximum absolute atomic E-state index is 11.5. The lowest BCUT2D eigenvalue weighted by molar-refractivity contribution is 0.0534. The number of amides is 1. The Morgan fingerprint density at radius 1 is 1.27 bits per heavy atom. The molecule has 0 saturated carbocycles. The largest absolute Gasteiger partial charge is 0.444 e. The second kappa shape index (κ2) is 6.93. The molecule has 0 radical (unpaired) electrons. The number of H-pyrrole nitrogens is 1. The van der Waals surface area contributed by atoms with Gasteiger partial charge >= 0.3 is 6.09 Å². The highest BCUT2D eigenvalue weighted by molar-refractivity contribution is 5.68. The van der Waals surface area contributed by atoms with Crippen molar-refractivity contribution in [2.24, 2.45) is 0 Å². The number of aromatic nitrogens is 2. The third kappa shape index (κ3) is 5.09. The molecule has 0 atom stereocenters. The first-order valence-corrected chi connectivity index (χ1v) is 7.17. The lowest BCUT2D eigenvalue weighted by Gasteiger charge is -2.19. The fourth-order valence-corrected chi connectivity index (χ4v) is 1.84. The standard InChI is InChI=1S/C17H21N3O2/c1-17(2,3)22-16(21)18-11-4-5-13-6-8-14(9-7-13)15-10-12-19-20-15/h4-10,12H,11H2,1-3H3,(H,18,21)(H,19,20). The van der Waals surface area contributed by atoms with E-state index in [1.54, 1.807) is 6.20 Å². The molecule has 2 N–H and O–H groups in total. The number of hydrogen-bond donors (Lipinski definition) is 2. The molecule has 0 spiro atoms. The van der Waals surface area contributed by atoms with E-state index in [1.807, 2.05) is 63.3 Å². The maximum Gasteiger partial charge on any atom is 0.407 e. The first-order chi connectivity index (χ1) is 10.4. The van der Waals surface area contributed by atoms with E-state index in [9.17, 15) is 4.79 Å². The first kappa shape index (κ1) is 15.8. The summed E-state index contributed by atoms with van der Waals surface area (Å²) >= 11 is 0. The Bertz CT molecular complexity index is 623. The average Bonchev–Trinajstić information content (AvgIpc) is 2.96. The molecule has 5 heteroatoms. The number of aromatic amines is 1. The van der Waals surface area contributed by atoms with Gasteiger partial charge in [0.25, 0.3) is 0 Å². The van der Waals surface area contributed by atoms with Crippen LogP contribution in [0, 0.1) is 0 Å². The molecular formula is C17H21N3O2. The molecule has 0 aliphatic carbocycles. The Morgan fingerprint density at radius 3 is 2.59 bits per heavy atom. The molecule has 0 bridgehead atoms. The van der Waals surface area contributed by atoms with Gasteiger partial charge in [0.05, 0.1) is 5.69 Å². The minimum Gasteiger partial charge on any atom is -0.444 e. The number of carbonyl (C=O) groups is 1. The summed E-state index contributed by atoms with van der Waals surface area (Å²) in [6.45, 7) is 5.94. The van der Waals surface area contributed by atoms with Gasteiger partial charge in [-0.3, -0.25) is 5.10 Å². The fraction of sp³-hybridized carbons (Fsp3) is 0.294. The van der Waals surface area contributed by atoms with Crippen molar-refractivity contribution in [2.45, 2.75) is 26.4 Å². The van der Waals surface area contributed by atoms with Crippen LogP contribution < -0.4 is 5.32 Å². The van der Waals surface area contributed by atoms with Crippen LogP contribution in [0.4, 0.5) is 4.79 Å². The van der Waals surface area contributed by atoms with Crippen molar-refractivity contribution >= 4 is 12.2 Å². The van der Waals surface area contributed by atoms with E-state index in [4.69, 9.17) is 4.74 Å². The van der Waals surface area contributed by atoms with Crippen molar-refractivity contribution in [3.05, 3.63) is 48.2 Å². The number of nitrogens with zero attached hydrogens (tertiary/aromatic N) is 1. The fourth-order valence-electron chi connectivity index (χ4n) is 1.84. The molecule has 1 amide bonds. The summed E-state index contributed by atoms with van der Waals surface area (Å²) in [5.74, 6) is 0. The van der Waals surface area contributed by atoms with Gasteiger partial charge in [-0.1, -0.05) is 36.4 Å². The van der Waals surface area contributed by atoms with Crippen molar-refractivity contribution in [1.29, 1.82) is 0 Å². The van der Waals surface area contributed by atoms with Crippen molar-refractivity contribution in [3.63, 3.8) is 0 Å². The molecule has 2 aromatic rings. The van der Waals surface area contributed by atoms with Crippen LogP contribution >= 0.6 is 0 Å². The van der Waals surface area contributed by atoms with E-state index in [2.05, 4.69) is 15.5 Å². The number of alkyl carbamates (subject to hydrolysis) is 1. The van der Waals surface area contributed by atoms with E-state index < -0.39 is 11.7 Å². The van der Waals surface area contributed by atoms with Crippen LogP contribution in [0.15, 0.2) is 42.6 Å². The van der Waals surface area contributed by atoms with Crippen molar-refractivity contribution < 1.29 is 9.53 Å². The van der Waals surface area contributed by atoms with E-state index >= 15 is 0 Å². The Labute approximate surface area is 130 Å². The van der Waals surface area contributed by atoms with Gasteiger partial charge in [-0.05, 0) is 38.0 Å². The van der Waals surface area contributed by atoms with Crippen molar-refractivity contribution in [3.8, 4) is 11.3 Å². The zero-order chi connectivity index (χ0) is 16.0. The Balaban J connectivity index is 1.82. The van der Waals surface area contributed by atoms with E-state index in [1.165, 1.54) is 0 Å². The molecule has 0 aliphatic rings. The van der Waals surface area contributed by atoms with E-state index in [0.717, 1.165) is 16.8 Å². The SMILES string of the molecule is CC(C)(C)OC(=O)NCC=Cc1ccc(-c2ccn[nH]2)cc1. The van der Waals surface area contributed by atoms with Crippen LogP contribution in [0.25, 0.3) is 17.3 Å². The molecule has 116 valence electrons. The zero-order valence-corrected chi connectivity index (χ0v) is 13.1. The van der Waals surface area contributed by atoms with Crippen molar-refractivity contribution in [2.75, 3.05) is 6.54 Å². The molecular weight excluding hydrogens is 278 g/mol. The smallest absolute Gasteiger partial charge is 0.407 e.